The molecule has 3 aromatic carbocycles. The van der Waals surface area contributed by atoms with E-state index in [0.717, 1.165) is 6.26 Å². The van der Waals surface area contributed by atoms with Gasteiger partial charge < -0.3 is 4.74 Å². The molecule has 1 amide bonds. The van der Waals surface area contributed by atoms with E-state index in [4.69, 9.17) is 27.9 Å². The maximum absolute atomic E-state index is 12.2. The third-order valence-corrected chi connectivity index (χ3v) is 4.74. The Labute approximate surface area is 172 Å². The number of ether oxygens (including phenoxy) is 1. The molecule has 0 aliphatic heterocycles. The summed E-state index contributed by atoms with van der Waals surface area (Å²) in [7, 11) is -3.68. The predicted molar refractivity (Wildman–Crippen MR) is 111 cm³/mol. The highest BCUT2D eigenvalue weighted by atomic mass is 35.5. The normalized spacial score (nSPS) is 11.1. The summed E-state index contributed by atoms with van der Waals surface area (Å²) in [6.07, 6.45) is 0.917. The molecule has 0 radical (unpaired) electrons. The van der Waals surface area contributed by atoms with Gasteiger partial charge in [-0.3, -0.25) is 4.79 Å². The van der Waals surface area contributed by atoms with Crippen LogP contribution in [0, 0.1) is 0 Å². The first kappa shape index (κ1) is 20.2. The largest absolute Gasteiger partial charge is 0.457 e. The minimum Gasteiger partial charge on any atom is -0.457 e. The van der Waals surface area contributed by atoms with E-state index in [-0.39, 0.29) is 5.56 Å². The first-order chi connectivity index (χ1) is 13.2. The molecule has 3 rings (SSSR count). The monoisotopic (exact) mass is 435 g/mol. The van der Waals surface area contributed by atoms with Crippen LogP contribution in [0.25, 0.3) is 11.1 Å². The van der Waals surface area contributed by atoms with E-state index in [1.54, 1.807) is 54.6 Å². The Morgan fingerprint density at radius 2 is 1.64 bits per heavy atom. The van der Waals surface area contributed by atoms with Gasteiger partial charge in [-0.15, -0.1) is 0 Å². The first-order valence-electron chi connectivity index (χ1n) is 8.07. The van der Waals surface area contributed by atoms with Gasteiger partial charge in [0.05, 0.1) is 6.26 Å². The maximum atomic E-state index is 12.2. The van der Waals surface area contributed by atoms with Crippen molar-refractivity contribution in [1.82, 2.24) is 4.72 Å². The molecule has 1 N–H and O–H groups in total. The van der Waals surface area contributed by atoms with Crippen LogP contribution < -0.4 is 9.46 Å². The van der Waals surface area contributed by atoms with E-state index < -0.39 is 15.9 Å². The van der Waals surface area contributed by atoms with Crippen LogP contribution in [0.2, 0.25) is 10.0 Å². The molecule has 5 nitrogen and oxygen atoms in total. The molecule has 0 spiro atoms. The molecule has 0 heterocycles. The Balaban J connectivity index is 2.05. The SMILES string of the molecule is CS(=O)(=O)NC(=O)c1ccc(Oc2ccc(Cl)cc2)c(-c2cccc(Cl)c2)c1. The second-order valence-electron chi connectivity index (χ2n) is 5.98. The Hall–Kier alpha value is -2.54. The number of hydrogen-bond acceptors (Lipinski definition) is 4. The molecule has 0 aliphatic rings. The molecule has 0 atom stereocenters. The summed E-state index contributed by atoms with van der Waals surface area (Å²) >= 11 is 12.0. The number of carbonyl (C=O) groups excluding carboxylic acids is 1. The Morgan fingerprint density at radius 1 is 0.929 bits per heavy atom. The smallest absolute Gasteiger partial charge is 0.264 e. The summed E-state index contributed by atoms with van der Waals surface area (Å²) < 4.78 is 30.6. The van der Waals surface area contributed by atoms with Crippen molar-refractivity contribution < 1.29 is 17.9 Å². The molecule has 0 aliphatic carbocycles. The van der Waals surface area contributed by atoms with Gasteiger partial charge in [-0.25, -0.2) is 13.1 Å². The van der Waals surface area contributed by atoms with E-state index in [9.17, 15) is 13.2 Å². The molecule has 0 unspecified atom stereocenters. The molecule has 0 saturated carbocycles. The quantitative estimate of drug-likeness (QED) is 0.601. The fourth-order valence-corrected chi connectivity index (χ4v) is 3.27. The van der Waals surface area contributed by atoms with Gasteiger partial charge in [-0.1, -0.05) is 35.3 Å². The van der Waals surface area contributed by atoms with E-state index in [1.807, 2.05) is 10.8 Å². The Kier molecular flexibility index (Phi) is 5.93. The van der Waals surface area contributed by atoms with Crippen molar-refractivity contribution >= 4 is 39.1 Å². The van der Waals surface area contributed by atoms with Gasteiger partial charge in [0, 0.05) is 21.2 Å². The van der Waals surface area contributed by atoms with Crippen LogP contribution in [0.1, 0.15) is 10.4 Å². The number of halogens is 2. The van der Waals surface area contributed by atoms with Crippen molar-refractivity contribution in [3.05, 3.63) is 82.3 Å². The zero-order valence-electron chi connectivity index (χ0n) is 14.6. The minimum absolute atomic E-state index is 0.170. The third-order valence-electron chi connectivity index (χ3n) is 3.70. The van der Waals surface area contributed by atoms with Gasteiger partial charge in [0.2, 0.25) is 10.0 Å². The molecular weight excluding hydrogens is 421 g/mol. The highest BCUT2D eigenvalue weighted by molar-refractivity contribution is 7.89. The number of nitrogens with one attached hydrogen (secondary N) is 1. The summed E-state index contributed by atoms with van der Waals surface area (Å²) in [5.74, 6) is 0.297. The Morgan fingerprint density at radius 3 is 2.29 bits per heavy atom. The number of hydrogen-bond donors (Lipinski definition) is 1. The van der Waals surface area contributed by atoms with Crippen molar-refractivity contribution in [2.45, 2.75) is 0 Å². The van der Waals surface area contributed by atoms with Crippen LogP contribution in [0.15, 0.2) is 66.7 Å². The average molecular weight is 436 g/mol. The number of amides is 1. The van der Waals surface area contributed by atoms with E-state index in [2.05, 4.69) is 0 Å². The van der Waals surface area contributed by atoms with Crippen LogP contribution in [-0.2, 0) is 10.0 Å². The molecule has 28 heavy (non-hydrogen) atoms. The average Bonchev–Trinajstić information content (AvgIpc) is 2.62. The predicted octanol–water partition coefficient (Wildman–Crippen LogP) is 5.14. The van der Waals surface area contributed by atoms with Crippen molar-refractivity contribution in [3.63, 3.8) is 0 Å². The summed E-state index contributed by atoms with van der Waals surface area (Å²) in [6.45, 7) is 0. The fourth-order valence-electron chi connectivity index (χ4n) is 2.50. The molecule has 0 fully saturated rings. The molecular formula is C20H15Cl2NO4S. The second-order valence-corrected chi connectivity index (χ2v) is 8.60. The lowest BCUT2D eigenvalue weighted by molar-refractivity contribution is 0.0981. The lowest BCUT2D eigenvalue weighted by atomic mass is 10.0. The van der Waals surface area contributed by atoms with Gasteiger partial charge in [-0.2, -0.15) is 0 Å². The van der Waals surface area contributed by atoms with Crippen LogP contribution in [0.4, 0.5) is 0 Å². The minimum atomic E-state index is -3.68. The highest BCUT2D eigenvalue weighted by Gasteiger charge is 2.16. The van der Waals surface area contributed by atoms with E-state index in [0.29, 0.717) is 32.7 Å². The van der Waals surface area contributed by atoms with Crippen molar-refractivity contribution in [2.24, 2.45) is 0 Å². The van der Waals surface area contributed by atoms with Gasteiger partial charge >= 0.3 is 0 Å². The van der Waals surface area contributed by atoms with Gasteiger partial charge in [0.1, 0.15) is 11.5 Å². The molecule has 0 saturated heterocycles. The van der Waals surface area contributed by atoms with Crippen LogP contribution >= 0.6 is 23.2 Å². The molecule has 0 bridgehead atoms. The van der Waals surface area contributed by atoms with Crippen LogP contribution in [0.3, 0.4) is 0 Å². The Bertz CT molecular complexity index is 1130. The highest BCUT2D eigenvalue weighted by Crippen LogP contribution is 2.35. The van der Waals surface area contributed by atoms with Gasteiger partial charge in [0.25, 0.3) is 5.91 Å². The fraction of sp³-hybridized carbons (Fsp3) is 0.0500. The summed E-state index contributed by atoms with van der Waals surface area (Å²) in [5.41, 5.74) is 1.47. The summed E-state index contributed by atoms with van der Waals surface area (Å²) in [4.78, 5) is 12.2. The lowest BCUT2D eigenvalue weighted by Crippen LogP contribution is -2.29. The zero-order chi connectivity index (χ0) is 20.3. The number of rotatable bonds is 5. The summed E-state index contributed by atoms with van der Waals surface area (Å²) in [6, 6.07) is 18.5. The molecule has 8 heteroatoms. The molecule has 0 aromatic heterocycles. The number of sulfonamides is 1. The van der Waals surface area contributed by atoms with Crippen molar-refractivity contribution in [3.8, 4) is 22.6 Å². The van der Waals surface area contributed by atoms with Gasteiger partial charge in [0.15, 0.2) is 0 Å². The summed E-state index contributed by atoms with van der Waals surface area (Å²) in [5, 5.41) is 1.09. The standard InChI is InChI=1S/C20H15Cl2NO4S/c1-28(25,26)23-20(24)14-5-10-19(27-17-8-6-15(21)7-9-17)18(12-14)13-3-2-4-16(22)11-13/h2-12H,1H3,(H,23,24). The van der Waals surface area contributed by atoms with Crippen molar-refractivity contribution in [1.29, 1.82) is 0 Å². The number of benzene rings is 3. The molecule has 3 aromatic rings. The molecule has 144 valence electrons. The van der Waals surface area contributed by atoms with Crippen LogP contribution in [-0.4, -0.2) is 20.6 Å². The number of carbonyl (C=O) groups is 1. The first-order valence-corrected chi connectivity index (χ1v) is 10.7. The van der Waals surface area contributed by atoms with E-state index >= 15 is 0 Å². The maximum Gasteiger partial charge on any atom is 0.264 e. The topological polar surface area (TPSA) is 72.5 Å². The zero-order valence-corrected chi connectivity index (χ0v) is 17.0. The second kappa shape index (κ2) is 8.22. The van der Waals surface area contributed by atoms with Crippen molar-refractivity contribution in [2.75, 3.05) is 6.26 Å². The van der Waals surface area contributed by atoms with E-state index in [1.165, 1.54) is 6.07 Å². The third kappa shape index (κ3) is 5.25. The lowest BCUT2D eigenvalue weighted by Gasteiger charge is -2.14. The van der Waals surface area contributed by atoms with Crippen LogP contribution in [0.5, 0.6) is 11.5 Å². The van der Waals surface area contributed by atoms with Gasteiger partial charge in [-0.05, 0) is 60.2 Å².